The normalized spacial score (nSPS) is 17.0. The van der Waals surface area contributed by atoms with E-state index >= 15 is 0 Å². The highest BCUT2D eigenvalue weighted by Crippen LogP contribution is 2.34. The highest BCUT2D eigenvalue weighted by Gasteiger charge is 2.39. The summed E-state index contributed by atoms with van der Waals surface area (Å²) in [6, 6.07) is 8.56. The first-order valence-electron chi connectivity index (χ1n) is 5.88. The molecule has 0 aromatic heterocycles. The molecule has 0 amide bonds. The maximum Gasteiger partial charge on any atom is 0.122 e. The van der Waals surface area contributed by atoms with Crippen LogP contribution in [0, 0.1) is 16.7 Å². The average molecular weight is 231 g/mol. The Kier molecular flexibility index (Phi) is 3.35. The van der Waals surface area contributed by atoms with Crippen LogP contribution in [-0.4, -0.2) is 20.3 Å². The van der Waals surface area contributed by atoms with E-state index in [1.807, 2.05) is 6.07 Å². The minimum atomic E-state index is -0.348. The van der Waals surface area contributed by atoms with Crippen molar-refractivity contribution in [1.82, 2.24) is 0 Å². The number of hydrogen-bond donors (Lipinski definition) is 0. The molecule has 3 heteroatoms. The van der Waals surface area contributed by atoms with Gasteiger partial charge in [0, 0.05) is 0 Å². The van der Waals surface area contributed by atoms with Crippen LogP contribution in [0.4, 0.5) is 0 Å². The van der Waals surface area contributed by atoms with E-state index in [1.165, 1.54) is 5.56 Å². The molecule has 1 aliphatic heterocycles. The van der Waals surface area contributed by atoms with Crippen LogP contribution < -0.4 is 4.74 Å². The van der Waals surface area contributed by atoms with Crippen molar-refractivity contribution in [2.24, 2.45) is 5.41 Å². The van der Waals surface area contributed by atoms with E-state index in [0.29, 0.717) is 19.6 Å². The van der Waals surface area contributed by atoms with Gasteiger partial charge in [0.25, 0.3) is 0 Å². The molecule has 3 nitrogen and oxygen atoms in total. The maximum absolute atomic E-state index is 9.22. The molecule has 1 aromatic rings. The van der Waals surface area contributed by atoms with Crippen LogP contribution in [0.3, 0.4) is 0 Å². The fourth-order valence-corrected chi connectivity index (χ4v) is 2.11. The van der Waals surface area contributed by atoms with Gasteiger partial charge < -0.3 is 9.47 Å². The van der Waals surface area contributed by atoms with Gasteiger partial charge >= 0.3 is 0 Å². The molecular weight excluding hydrogens is 214 g/mol. The summed E-state index contributed by atoms with van der Waals surface area (Å²) in [5, 5.41) is 9.22. The number of methoxy groups -OCH3 is 1. The minimum absolute atomic E-state index is 0.348. The maximum atomic E-state index is 9.22. The number of nitrogens with zero attached hydrogens (tertiary/aromatic N) is 1. The second kappa shape index (κ2) is 4.77. The molecule has 0 aliphatic carbocycles. The fourth-order valence-electron chi connectivity index (χ4n) is 2.11. The minimum Gasteiger partial charge on any atom is -0.496 e. The first kappa shape index (κ1) is 11.9. The zero-order chi connectivity index (χ0) is 12.3. The lowest BCUT2D eigenvalue weighted by Crippen LogP contribution is -2.43. The summed E-state index contributed by atoms with van der Waals surface area (Å²) in [6.45, 7) is 3.18. The van der Waals surface area contributed by atoms with Gasteiger partial charge in [0.1, 0.15) is 11.2 Å². The van der Waals surface area contributed by atoms with E-state index in [2.05, 4.69) is 25.1 Å². The van der Waals surface area contributed by atoms with Crippen LogP contribution in [0.15, 0.2) is 18.2 Å². The zero-order valence-corrected chi connectivity index (χ0v) is 10.3. The van der Waals surface area contributed by atoms with Gasteiger partial charge in [-0.15, -0.1) is 0 Å². The van der Waals surface area contributed by atoms with Crippen LogP contribution in [0.1, 0.15) is 18.1 Å². The lowest BCUT2D eigenvalue weighted by molar-refractivity contribution is -0.0767. The van der Waals surface area contributed by atoms with Gasteiger partial charge in [0.15, 0.2) is 0 Å². The molecule has 1 fully saturated rings. The molecule has 1 aliphatic rings. The van der Waals surface area contributed by atoms with Crippen molar-refractivity contribution in [3.63, 3.8) is 0 Å². The molecule has 1 heterocycles. The fraction of sp³-hybridized carbons (Fsp3) is 0.500. The molecule has 90 valence electrons. The molecule has 0 atom stereocenters. The molecule has 0 unspecified atom stereocenters. The number of nitriles is 1. The summed E-state index contributed by atoms with van der Waals surface area (Å²) < 4.78 is 10.5. The highest BCUT2D eigenvalue weighted by atomic mass is 16.5. The first-order valence-corrected chi connectivity index (χ1v) is 5.88. The third-order valence-corrected chi connectivity index (χ3v) is 3.28. The van der Waals surface area contributed by atoms with Gasteiger partial charge in [-0.3, -0.25) is 0 Å². The number of rotatable bonds is 4. The van der Waals surface area contributed by atoms with Crippen LogP contribution in [0.5, 0.6) is 5.75 Å². The van der Waals surface area contributed by atoms with E-state index in [1.54, 1.807) is 7.11 Å². The van der Waals surface area contributed by atoms with Crippen molar-refractivity contribution in [2.75, 3.05) is 20.3 Å². The Balaban J connectivity index is 2.27. The number of hydrogen-bond acceptors (Lipinski definition) is 3. The standard InChI is InChI=1S/C14H17NO2/c1-3-11-4-5-13(16-2)12(6-11)7-14(8-15)9-17-10-14/h4-6H,3,7,9-10H2,1-2H3. The van der Waals surface area contributed by atoms with E-state index in [9.17, 15) is 5.26 Å². The molecular formula is C14H17NO2. The quantitative estimate of drug-likeness (QED) is 0.798. The Bertz CT molecular complexity index is 444. The zero-order valence-electron chi connectivity index (χ0n) is 10.3. The summed E-state index contributed by atoms with van der Waals surface area (Å²) in [5.74, 6) is 0.865. The van der Waals surface area contributed by atoms with Crippen molar-refractivity contribution in [2.45, 2.75) is 19.8 Å². The first-order chi connectivity index (χ1) is 8.23. The number of ether oxygens (including phenoxy) is 2. The predicted molar refractivity (Wildman–Crippen MR) is 64.9 cm³/mol. The Labute approximate surface area is 102 Å². The molecule has 1 aromatic carbocycles. The molecule has 2 rings (SSSR count). The summed E-state index contributed by atoms with van der Waals surface area (Å²) in [7, 11) is 1.67. The average Bonchev–Trinajstić information content (AvgIpc) is 2.33. The summed E-state index contributed by atoms with van der Waals surface area (Å²) >= 11 is 0. The second-order valence-corrected chi connectivity index (χ2v) is 4.56. The van der Waals surface area contributed by atoms with Crippen LogP contribution >= 0.6 is 0 Å². The van der Waals surface area contributed by atoms with Crippen molar-refractivity contribution in [3.8, 4) is 11.8 Å². The lowest BCUT2D eigenvalue weighted by Gasteiger charge is -2.35. The third-order valence-electron chi connectivity index (χ3n) is 3.28. The number of aryl methyl sites for hydroxylation is 1. The molecule has 17 heavy (non-hydrogen) atoms. The van der Waals surface area contributed by atoms with Gasteiger partial charge in [0.05, 0.1) is 26.4 Å². The smallest absolute Gasteiger partial charge is 0.122 e. The highest BCUT2D eigenvalue weighted by molar-refractivity contribution is 5.39. The second-order valence-electron chi connectivity index (χ2n) is 4.56. The van der Waals surface area contributed by atoms with Crippen molar-refractivity contribution >= 4 is 0 Å². The van der Waals surface area contributed by atoms with Crippen molar-refractivity contribution in [1.29, 1.82) is 5.26 Å². The molecule has 0 saturated carbocycles. The predicted octanol–water partition coefficient (Wildman–Crippen LogP) is 2.34. The summed E-state index contributed by atoms with van der Waals surface area (Å²) in [4.78, 5) is 0. The molecule has 0 N–H and O–H groups in total. The number of benzene rings is 1. The topological polar surface area (TPSA) is 42.2 Å². The van der Waals surface area contributed by atoms with E-state index < -0.39 is 0 Å². The van der Waals surface area contributed by atoms with Gasteiger partial charge in [-0.25, -0.2) is 0 Å². The Morgan fingerprint density at radius 2 is 2.24 bits per heavy atom. The SMILES string of the molecule is CCc1ccc(OC)c(CC2(C#N)COC2)c1. The molecule has 0 bridgehead atoms. The van der Waals surface area contributed by atoms with E-state index in [0.717, 1.165) is 17.7 Å². The van der Waals surface area contributed by atoms with Crippen molar-refractivity contribution < 1.29 is 9.47 Å². The van der Waals surface area contributed by atoms with E-state index in [4.69, 9.17) is 9.47 Å². The summed E-state index contributed by atoms with van der Waals surface area (Å²) in [5.41, 5.74) is 2.03. The lowest BCUT2D eigenvalue weighted by atomic mass is 9.81. The van der Waals surface area contributed by atoms with Gasteiger partial charge in [-0.2, -0.15) is 5.26 Å². The Morgan fingerprint density at radius 1 is 1.47 bits per heavy atom. The molecule has 0 spiro atoms. The summed E-state index contributed by atoms with van der Waals surface area (Å²) in [6.07, 6.45) is 1.70. The van der Waals surface area contributed by atoms with E-state index in [-0.39, 0.29) is 5.41 Å². The van der Waals surface area contributed by atoms with Crippen LogP contribution in [0.25, 0.3) is 0 Å². The van der Waals surface area contributed by atoms with Crippen LogP contribution in [-0.2, 0) is 17.6 Å². The molecule has 0 radical (unpaired) electrons. The monoisotopic (exact) mass is 231 g/mol. The van der Waals surface area contributed by atoms with Gasteiger partial charge in [0.2, 0.25) is 0 Å². The third kappa shape index (κ3) is 2.27. The van der Waals surface area contributed by atoms with Gasteiger partial charge in [-0.1, -0.05) is 19.1 Å². The van der Waals surface area contributed by atoms with Gasteiger partial charge in [-0.05, 0) is 30.0 Å². The molecule has 1 saturated heterocycles. The Hall–Kier alpha value is -1.53. The van der Waals surface area contributed by atoms with Crippen LogP contribution in [0.2, 0.25) is 0 Å². The largest absolute Gasteiger partial charge is 0.496 e. The Morgan fingerprint density at radius 3 is 2.71 bits per heavy atom. The van der Waals surface area contributed by atoms with Crippen molar-refractivity contribution in [3.05, 3.63) is 29.3 Å².